The minimum atomic E-state index is -0.397. The second-order valence-corrected chi connectivity index (χ2v) is 6.21. The number of rotatable bonds is 0. The highest BCUT2D eigenvalue weighted by Crippen LogP contribution is 2.21. The van der Waals surface area contributed by atoms with Crippen molar-refractivity contribution in [2.45, 2.75) is 64.1 Å². The number of piperidine rings is 1. The maximum absolute atomic E-state index is 12.0. The molecule has 0 unspecified atom stereocenters. The van der Waals surface area contributed by atoms with E-state index in [1.54, 1.807) is 0 Å². The fraction of sp³-hybridized carbons (Fsp3) is 0.923. The molecule has 4 nitrogen and oxygen atoms in total. The number of carbonyl (C=O) groups is 1. The summed E-state index contributed by atoms with van der Waals surface area (Å²) in [6, 6.07) is 1.06. The average Bonchev–Trinajstić information content (AvgIpc) is 2.35. The molecular weight excluding hydrogens is 216 g/mol. The van der Waals surface area contributed by atoms with Gasteiger partial charge in [0.15, 0.2) is 0 Å². The lowest BCUT2D eigenvalue weighted by Crippen LogP contribution is -2.45. The molecule has 2 heterocycles. The Hall–Kier alpha value is -0.770. The zero-order valence-corrected chi connectivity index (χ0v) is 11.2. The van der Waals surface area contributed by atoms with Crippen LogP contribution in [-0.4, -0.2) is 41.8 Å². The highest BCUT2D eigenvalue weighted by atomic mass is 16.6. The highest BCUT2D eigenvalue weighted by molar-refractivity contribution is 5.68. The van der Waals surface area contributed by atoms with E-state index >= 15 is 0 Å². The Balaban J connectivity index is 1.94. The van der Waals surface area contributed by atoms with Gasteiger partial charge >= 0.3 is 6.09 Å². The maximum atomic E-state index is 12.0. The van der Waals surface area contributed by atoms with Gasteiger partial charge in [-0.15, -0.1) is 0 Å². The lowest BCUT2D eigenvalue weighted by Gasteiger charge is -2.30. The van der Waals surface area contributed by atoms with E-state index in [2.05, 4.69) is 5.32 Å². The number of hydrogen-bond donors (Lipinski definition) is 1. The van der Waals surface area contributed by atoms with Gasteiger partial charge in [-0.1, -0.05) is 6.42 Å². The Morgan fingerprint density at radius 2 is 1.94 bits per heavy atom. The summed E-state index contributed by atoms with van der Waals surface area (Å²) in [6.45, 7) is 7.37. The number of ether oxygens (including phenoxy) is 1. The number of nitrogens with zero attached hydrogens (tertiary/aromatic N) is 1. The largest absolute Gasteiger partial charge is 0.444 e. The topological polar surface area (TPSA) is 41.6 Å². The number of fused-ring (bicyclic) bond motifs is 2. The Morgan fingerprint density at radius 1 is 1.24 bits per heavy atom. The third-order valence-corrected chi connectivity index (χ3v) is 3.42. The van der Waals surface area contributed by atoms with Crippen LogP contribution in [0.3, 0.4) is 0 Å². The van der Waals surface area contributed by atoms with E-state index in [-0.39, 0.29) is 6.09 Å². The van der Waals surface area contributed by atoms with Crippen molar-refractivity contribution in [3.05, 3.63) is 0 Å². The summed E-state index contributed by atoms with van der Waals surface area (Å²) < 4.78 is 5.44. The molecule has 4 heteroatoms. The van der Waals surface area contributed by atoms with E-state index in [1.165, 1.54) is 19.3 Å². The standard InChI is InChI=1S/C13H24N2O2/c1-13(2,3)17-12(16)15-8-7-10-5-4-6-11(9-15)14-10/h10-11,14H,4-9H2,1-3H3/t10-,11+/m0/s1. The van der Waals surface area contributed by atoms with E-state index in [0.717, 1.165) is 19.5 Å². The van der Waals surface area contributed by atoms with Crippen LogP contribution in [0.25, 0.3) is 0 Å². The van der Waals surface area contributed by atoms with E-state index in [1.807, 2.05) is 25.7 Å². The molecule has 98 valence electrons. The van der Waals surface area contributed by atoms with Gasteiger partial charge in [0.2, 0.25) is 0 Å². The smallest absolute Gasteiger partial charge is 0.410 e. The summed E-state index contributed by atoms with van der Waals surface area (Å²) in [4.78, 5) is 13.9. The summed E-state index contributed by atoms with van der Waals surface area (Å²) in [6.07, 6.45) is 4.60. The van der Waals surface area contributed by atoms with Crippen molar-refractivity contribution in [1.82, 2.24) is 10.2 Å². The van der Waals surface area contributed by atoms with Crippen molar-refractivity contribution in [2.24, 2.45) is 0 Å². The third-order valence-electron chi connectivity index (χ3n) is 3.42. The molecular formula is C13H24N2O2. The van der Waals surface area contributed by atoms with Crippen LogP contribution in [0.2, 0.25) is 0 Å². The van der Waals surface area contributed by atoms with E-state index in [4.69, 9.17) is 4.74 Å². The minimum absolute atomic E-state index is 0.160. The van der Waals surface area contributed by atoms with Crippen LogP contribution in [0.15, 0.2) is 0 Å². The molecule has 2 fully saturated rings. The average molecular weight is 240 g/mol. The molecule has 2 rings (SSSR count). The van der Waals surface area contributed by atoms with Gasteiger partial charge in [-0.05, 0) is 40.0 Å². The first-order chi connectivity index (χ1) is 7.94. The predicted octanol–water partition coefficient (Wildman–Crippen LogP) is 2.14. The van der Waals surface area contributed by atoms with Crippen LogP contribution in [0.5, 0.6) is 0 Å². The van der Waals surface area contributed by atoms with E-state index < -0.39 is 5.60 Å². The molecule has 0 spiro atoms. The molecule has 0 aromatic carbocycles. The van der Waals surface area contributed by atoms with Gasteiger partial charge in [-0.2, -0.15) is 0 Å². The SMILES string of the molecule is CC(C)(C)OC(=O)N1CC[C@@H]2CCC[C@H](C1)N2. The molecule has 2 bridgehead atoms. The second-order valence-electron chi connectivity index (χ2n) is 6.21. The highest BCUT2D eigenvalue weighted by Gasteiger charge is 2.31. The van der Waals surface area contributed by atoms with Gasteiger partial charge in [0.25, 0.3) is 0 Å². The van der Waals surface area contributed by atoms with Crippen LogP contribution in [-0.2, 0) is 4.74 Å². The third kappa shape index (κ3) is 3.60. The van der Waals surface area contributed by atoms with Gasteiger partial charge in [0.1, 0.15) is 5.60 Å². The molecule has 17 heavy (non-hydrogen) atoms. The van der Waals surface area contributed by atoms with E-state index in [0.29, 0.717) is 12.1 Å². The first kappa shape index (κ1) is 12.7. The Labute approximate surface area is 104 Å². The number of nitrogens with one attached hydrogen (secondary N) is 1. The fourth-order valence-electron chi connectivity index (χ4n) is 2.64. The molecule has 2 aliphatic rings. The zero-order valence-electron chi connectivity index (χ0n) is 11.2. The molecule has 2 aliphatic heterocycles. The van der Waals surface area contributed by atoms with E-state index in [9.17, 15) is 4.79 Å². The second kappa shape index (κ2) is 4.84. The molecule has 0 radical (unpaired) electrons. The van der Waals surface area contributed by atoms with Crippen molar-refractivity contribution in [2.75, 3.05) is 13.1 Å². The van der Waals surface area contributed by atoms with Gasteiger partial charge in [-0.3, -0.25) is 0 Å². The molecule has 0 aliphatic carbocycles. The maximum Gasteiger partial charge on any atom is 0.410 e. The fourth-order valence-corrected chi connectivity index (χ4v) is 2.64. The molecule has 2 atom stereocenters. The lowest BCUT2D eigenvalue weighted by molar-refractivity contribution is 0.0246. The number of carbonyl (C=O) groups excluding carboxylic acids is 1. The minimum Gasteiger partial charge on any atom is -0.444 e. The van der Waals surface area contributed by atoms with Gasteiger partial charge in [0.05, 0.1) is 0 Å². The van der Waals surface area contributed by atoms with Crippen molar-refractivity contribution in [3.8, 4) is 0 Å². The summed E-state index contributed by atoms with van der Waals surface area (Å²) in [7, 11) is 0. The zero-order chi connectivity index (χ0) is 12.5. The van der Waals surface area contributed by atoms with Crippen LogP contribution < -0.4 is 5.32 Å². The molecule has 0 saturated carbocycles. The summed E-state index contributed by atoms with van der Waals surface area (Å²) in [5.41, 5.74) is -0.397. The summed E-state index contributed by atoms with van der Waals surface area (Å²) in [5, 5.41) is 3.61. The van der Waals surface area contributed by atoms with Gasteiger partial charge < -0.3 is 15.0 Å². The van der Waals surface area contributed by atoms with Crippen LogP contribution in [0.4, 0.5) is 4.79 Å². The molecule has 2 saturated heterocycles. The van der Waals surface area contributed by atoms with Crippen molar-refractivity contribution in [3.63, 3.8) is 0 Å². The Kier molecular flexibility index (Phi) is 3.61. The Bertz CT molecular complexity index is 286. The first-order valence-corrected chi connectivity index (χ1v) is 6.68. The van der Waals surface area contributed by atoms with Crippen molar-refractivity contribution < 1.29 is 9.53 Å². The number of hydrogen-bond acceptors (Lipinski definition) is 3. The summed E-state index contributed by atoms with van der Waals surface area (Å²) in [5.74, 6) is 0. The van der Waals surface area contributed by atoms with Crippen molar-refractivity contribution >= 4 is 6.09 Å². The monoisotopic (exact) mass is 240 g/mol. The lowest BCUT2D eigenvalue weighted by atomic mass is 9.98. The normalized spacial score (nSPS) is 29.7. The molecule has 1 N–H and O–H groups in total. The predicted molar refractivity (Wildman–Crippen MR) is 67.0 cm³/mol. The molecule has 0 aromatic rings. The van der Waals surface area contributed by atoms with Crippen LogP contribution in [0, 0.1) is 0 Å². The first-order valence-electron chi connectivity index (χ1n) is 6.68. The van der Waals surface area contributed by atoms with Crippen LogP contribution >= 0.6 is 0 Å². The number of amides is 1. The Morgan fingerprint density at radius 3 is 2.65 bits per heavy atom. The summed E-state index contributed by atoms with van der Waals surface area (Å²) >= 11 is 0. The quantitative estimate of drug-likeness (QED) is 0.705. The van der Waals surface area contributed by atoms with Gasteiger partial charge in [0, 0.05) is 25.2 Å². The molecule has 0 aromatic heterocycles. The van der Waals surface area contributed by atoms with Gasteiger partial charge in [-0.25, -0.2) is 4.79 Å². The van der Waals surface area contributed by atoms with Crippen molar-refractivity contribution in [1.29, 1.82) is 0 Å². The molecule has 1 amide bonds. The van der Waals surface area contributed by atoms with Crippen LogP contribution in [0.1, 0.15) is 46.5 Å².